The Morgan fingerprint density at radius 2 is 1.64 bits per heavy atom. The predicted molar refractivity (Wildman–Crippen MR) is 218 cm³/mol. The Morgan fingerprint density at radius 1 is 0.982 bits per heavy atom. The number of hydrogen-bond acceptors (Lipinski definition) is 7. The number of amides is 1. The lowest BCUT2D eigenvalue weighted by Crippen LogP contribution is -2.44. The minimum absolute atomic E-state index is 0.0153. The molecule has 2 saturated carbocycles. The third-order valence-electron chi connectivity index (χ3n) is 12.3. The molecule has 1 N–H and O–H groups in total. The standard InChI is InChI=1S/C42H57Cl2FN4O5S/c1-4-49(3,5-2)22-13-11-9-7-6-8-10-12-14-23-55(51,52)47-42(50)30-20-21-37(36(45)25-30)48-27-31-24-32(48)26-38(31)53-28-33-40(46-54-41(33)29-18-19-29)39-34(43)16-15-17-35(39)44/h15-17,20-21,25,29,31-32,38H,4-14,18-19,22-24,26-28H2,1-3H3/p+1/t31-,32-,38+/m0/s1. The van der Waals surface area contributed by atoms with Crippen LogP contribution in [0.15, 0.2) is 40.9 Å². The van der Waals surface area contributed by atoms with Crippen molar-refractivity contribution >= 4 is 44.8 Å². The number of hydrogen-bond donors (Lipinski definition) is 1. The van der Waals surface area contributed by atoms with E-state index in [9.17, 15) is 13.2 Å². The molecule has 0 radical (unpaired) electrons. The molecule has 3 aromatic rings. The summed E-state index contributed by atoms with van der Waals surface area (Å²) in [5, 5.41) is 5.37. The number of rotatable bonds is 22. The molecular weight excluding hydrogens is 762 g/mol. The van der Waals surface area contributed by atoms with Crippen LogP contribution in [0.5, 0.6) is 0 Å². The molecule has 9 nitrogen and oxygen atoms in total. The molecule has 3 atom stereocenters. The Morgan fingerprint density at radius 3 is 2.24 bits per heavy atom. The summed E-state index contributed by atoms with van der Waals surface area (Å²) in [4.78, 5) is 14.9. The van der Waals surface area contributed by atoms with Crippen molar-refractivity contribution in [1.29, 1.82) is 0 Å². The number of benzene rings is 2. The molecule has 2 aromatic carbocycles. The lowest BCUT2D eigenvalue weighted by molar-refractivity contribution is -0.906. The highest BCUT2D eigenvalue weighted by Crippen LogP contribution is 2.47. The SMILES string of the molecule is CC[N+](C)(CC)CCCCCCCCCCCS(=O)(=O)NC(=O)c1ccc(N2C[C@@H]3C[C@H]2C[C@H]3OCc2c(-c3c(Cl)cccc3Cl)noc2C2CC2)c(F)c1. The molecule has 55 heavy (non-hydrogen) atoms. The quantitative estimate of drug-likeness (QED) is 0.0796. The Kier molecular flexibility index (Phi) is 14.3. The number of fused-ring (bicyclic) bond motifs is 2. The van der Waals surface area contributed by atoms with Gasteiger partial charge in [-0.1, -0.05) is 72.9 Å². The fraction of sp³-hybridized carbons (Fsp3) is 0.619. The van der Waals surface area contributed by atoms with E-state index in [0.717, 1.165) is 66.8 Å². The maximum absolute atomic E-state index is 15.5. The number of nitrogens with one attached hydrogen (secondary N) is 1. The van der Waals surface area contributed by atoms with Crippen molar-refractivity contribution in [2.24, 2.45) is 5.92 Å². The van der Waals surface area contributed by atoms with E-state index in [1.807, 2.05) is 4.90 Å². The van der Waals surface area contributed by atoms with Gasteiger partial charge < -0.3 is 18.6 Å². The van der Waals surface area contributed by atoms with Crippen molar-refractivity contribution in [2.75, 3.05) is 43.9 Å². The summed E-state index contributed by atoms with van der Waals surface area (Å²) in [5.74, 6) is -0.128. The third kappa shape index (κ3) is 10.6. The zero-order valence-corrected chi connectivity index (χ0v) is 35.0. The van der Waals surface area contributed by atoms with Crippen LogP contribution in [0.2, 0.25) is 10.0 Å². The van der Waals surface area contributed by atoms with Crippen LogP contribution >= 0.6 is 23.2 Å². The van der Waals surface area contributed by atoms with Crippen molar-refractivity contribution in [3.8, 4) is 11.3 Å². The maximum Gasteiger partial charge on any atom is 0.264 e. The number of quaternary nitrogens is 1. The van der Waals surface area contributed by atoms with Gasteiger partial charge in [-0.25, -0.2) is 17.5 Å². The summed E-state index contributed by atoms with van der Waals surface area (Å²) >= 11 is 13.1. The molecule has 2 bridgehead atoms. The van der Waals surface area contributed by atoms with Crippen LogP contribution in [0, 0.1) is 11.7 Å². The molecule has 0 spiro atoms. The van der Waals surface area contributed by atoms with Gasteiger partial charge in [0.2, 0.25) is 10.0 Å². The monoisotopic (exact) mass is 819 g/mol. The van der Waals surface area contributed by atoms with E-state index >= 15 is 4.39 Å². The van der Waals surface area contributed by atoms with E-state index in [2.05, 4.69) is 30.8 Å². The van der Waals surface area contributed by atoms with E-state index in [-0.39, 0.29) is 29.4 Å². The minimum Gasteiger partial charge on any atom is -0.373 e. The van der Waals surface area contributed by atoms with Gasteiger partial charge in [0, 0.05) is 41.1 Å². The van der Waals surface area contributed by atoms with Gasteiger partial charge in [0.05, 0.1) is 60.9 Å². The number of nitrogens with zero attached hydrogens (tertiary/aromatic N) is 3. The number of piperidine rings is 1. The molecular formula is C42H58Cl2FN4O5S+. The van der Waals surface area contributed by atoms with Crippen molar-refractivity contribution in [1.82, 2.24) is 9.88 Å². The van der Waals surface area contributed by atoms with E-state index in [0.29, 0.717) is 52.5 Å². The van der Waals surface area contributed by atoms with Crippen LogP contribution in [-0.2, 0) is 21.4 Å². The van der Waals surface area contributed by atoms with Crippen molar-refractivity contribution in [3.63, 3.8) is 0 Å². The van der Waals surface area contributed by atoms with Gasteiger partial charge in [0.25, 0.3) is 5.91 Å². The zero-order valence-electron chi connectivity index (χ0n) is 32.6. The lowest BCUT2D eigenvalue weighted by Gasteiger charge is -2.33. The zero-order chi connectivity index (χ0) is 39.2. The predicted octanol–water partition coefficient (Wildman–Crippen LogP) is 9.91. The summed E-state index contributed by atoms with van der Waals surface area (Å²) in [7, 11) is -1.50. The minimum atomic E-state index is -3.82. The van der Waals surface area contributed by atoms with Gasteiger partial charge in [-0.3, -0.25) is 4.79 Å². The number of ether oxygens (including phenoxy) is 1. The summed E-state index contributed by atoms with van der Waals surface area (Å²) in [6.45, 7) is 9.06. The van der Waals surface area contributed by atoms with Crippen LogP contribution in [0.25, 0.3) is 11.3 Å². The fourth-order valence-corrected chi connectivity index (χ4v) is 10.0. The first kappa shape index (κ1) is 41.9. The van der Waals surface area contributed by atoms with E-state index in [4.69, 9.17) is 32.5 Å². The molecule has 2 heterocycles. The molecule has 3 aliphatic rings. The number of anilines is 1. The molecule has 2 aliphatic carbocycles. The number of carbonyl (C=O) groups excluding carboxylic acids is 1. The normalized spacial score (nSPS) is 19.7. The molecule has 1 saturated heterocycles. The molecule has 1 aromatic heterocycles. The summed E-state index contributed by atoms with van der Waals surface area (Å²) in [5.41, 5.74) is 2.53. The van der Waals surface area contributed by atoms with E-state index in [1.54, 1.807) is 24.3 Å². The Balaban J connectivity index is 0.920. The Bertz CT molecular complexity index is 1860. The smallest absolute Gasteiger partial charge is 0.264 e. The third-order valence-corrected chi connectivity index (χ3v) is 14.2. The van der Waals surface area contributed by atoms with Gasteiger partial charge in [-0.15, -0.1) is 0 Å². The first-order valence-corrected chi connectivity index (χ1v) is 22.8. The highest BCUT2D eigenvalue weighted by atomic mass is 35.5. The Hall–Kier alpha value is -2.70. The highest BCUT2D eigenvalue weighted by Gasteiger charge is 2.46. The van der Waals surface area contributed by atoms with Gasteiger partial charge in [-0.05, 0) is 89.1 Å². The van der Waals surface area contributed by atoms with Gasteiger partial charge in [0.15, 0.2) is 0 Å². The maximum atomic E-state index is 15.5. The number of halogens is 3. The topological polar surface area (TPSA) is 102 Å². The molecule has 302 valence electrons. The number of unbranched alkanes of at least 4 members (excludes halogenated alkanes) is 8. The van der Waals surface area contributed by atoms with Gasteiger partial charge in [0.1, 0.15) is 17.3 Å². The Labute approximate surface area is 336 Å². The number of aromatic nitrogens is 1. The van der Waals surface area contributed by atoms with Crippen LogP contribution in [0.3, 0.4) is 0 Å². The van der Waals surface area contributed by atoms with Crippen molar-refractivity contribution < 1.29 is 31.3 Å². The highest BCUT2D eigenvalue weighted by molar-refractivity contribution is 7.90. The average molecular weight is 821 g/mol. The van der Waals surface area contributed by atoms with E-state index in [1.165, 1.54) is 57.8 Å². The summed E-state index contributed by atoms with van der Waals surface area (Å²) in [6, 6.07) is 9.67. The average Bonchev–Trinajstić information content (AvgIpc) is 3.61. The largest absolute Gasteiger partial charge is 0.373 e. The fourth-order valence-electron chi connectivity index (χ4n) is 8.34. The second-order valence-corrected chi connectivity index (χ2v) is 18.9. The summed E-state index contributed by atoms with van der Waals surface area (Å²) in [6.07, 6.45) is 13.2. The van der Waals surface area contributed by atoms with Crippen LogP contribution in [0.4, 0.5) is 10.1 Å². The van der Waals surface area contributed by atoms with Gasteiger partial charge >= 0.3 is 0 Å². The second kappa shape index (κ2) is 18.7. The molecule has 1 aliphatic heterocycles. The van der Waals surface area contributed by atoms with Gasteiger partial charge in [-0.2, -0.15) is 0 Å². The van der Waals surface area contributed by atoms with Crippen molar-refractivity contribution in [3.05, 3.63) is 69.1 Å². The van der Waals surface area contributed by atoms with E-state index < -0.39 is 21.7 Å². The molecule has 1 amide bonds. The summed E-state index contributed by atoms with van der Waals surface area (Å²) < 4.78 is 56.5. The first-order valence-electron chi connectivity index (χ1n) is 20.4. The van der Waals surface area contributed by atoms with Crippen LogP contribution < -0.4 is 9.62 Å². The first-order chi connectivity index (χ1) is 26.4. The van der Waals surface area contributed by atoms with Crippen LogP contribution in [0.1, 0.15) is 125 Å². The molecule has 3 fully saturated rings. The second-order valence-electron chi connectivity index (χ2n) is 16.2. The number of sulfonamides is 1. The molecule has 6 rings (SSSR count). The lowest BCUT2D eigenvalue weighted by atomic mass is 10.0. The van der Waals surface area contributed by atoms with Crippen molar-refractivity contribution in [2.45, 2.75) is 122 Å². The molecule has 0 unspecified atom stereocenters. The van der Waals surface area contributed by atoms with Crippen LogP contribution in [-0.4, -0.2) is 75.1 Å². The number of carbonyl (C=O) groups is 1. The molecule has 13 heteroatoms.